The van der Waals surface area contributed by atoms with Crippen LogP contribution in [0.5, 0.6) is 0 Å². The highest BCUT2D eigenvalue weighted by Crippen LogP contribution is 2.12. The molecule has 4 nitrogen and oxygen atoms in total. The summed E-state index contributed by atoms with van der Waals surface area (Å²) in [4.78, 5) is 0. The van der Waals surface area contributed by atoms with Gasteiger partial charge in [-0.05, 0) is 23.5 Å². The molecule has 1 atom stereocenters. The standard InChI is InChI=1S/C10H15BN2O2/c1-7(12)13-5-8-3-2-4-9-6-15-11(14)10(8)9/h2-4,7,13-14H,5-6,12H2,1H3. The van der Waals surface area contributed by atoms with Crippen LogP contribution in [0.25, 0.3) is 0 Å². The van der Waals surface area contributed by atoms with Gasteiger partial charge in [-0.2, -0.15) is 0 Å². The van der Waals surface area contributed by atoms with Crippen LogP contribution in [0.15, 0.2) is 18.2 Å². The molecule has 5 heteroatoms. The molecule has 4 N–H and O–H groups in total. The van der Waals surface area contributed by atoms with E-state index in [0.29, 0.717) is 13.2 Å². The van der Waals surface area contributed by atoms with E-state index in [0.717, 1.165) is 16.6 Å². The van der Waals surface area contributed by atoms with Crippen molar-refractivity contribution in [1.29, 1.82) is 0 Å². The fourth-order valence-corrected chi connectivity index (χ4v) is 1.79. The molecule has 0 bridgehead atoms. The van der Waals surface area contributed by atoms with Crippen LogP contribution in [0, 0.1) is 0 Å². The van der Waals surface area contributed by atoms with E-state index in [4.69, 9.17) is 10.4 Å². The first kappa shape index (κ1) is 10.6. The molecule has 0 saturated heterocycles. The third-order valence-corrected chi connectivity index (χ3v) is 2.54. The van der Waals surface area contributed by atoms with E-state index in [9.17, 15) is 5.02 Å². The van der Waals surface area contributed by atoms with Gasteiger partial charge in [-0.3, -0.25) is 5.32 Å². The van der Waals surface area contributed by atoms with Crippen LogP contribution in [0.3, 0.4) is 0 Å². The Morgan fingerprint density at radius 2 is 2.47 bits per heavy atom. The summed E-state index contributed by atoms with van der Waals surface area (Å²) >= 11 is 0. The minimum atomic E-state index is -0.786. The Labute approximate surface area is 89.6 Å². The van der Waals surface area contributed by atoms with E-state index < -0.39 is 7.12 Å². The molecule has 1 aromatic carbocycles. The SMILES string of the molecule is CC(N)NCc1cccc2c1B(O)OC2. The zero-order chi connectivity index (χ0) is 10.8. The zero-order valence-corrected chi connectivity index (χ0v) is 8.73. The van der Waals surface area contributed by atoms with Crippen LogP contribution in [-0.4, -0.2) is 18.3 Å². The maximum Gasteiger partial charge on any atom is 0.492 e. The number of benzene rings is 1. The van der Waals surface area contributed by atoms with Gasteiger partial charge in [0.25, 0.3) is 0 Å². The summed E-state index contributed by atoms with van der Waals surface area (Å²) < 4.78 is 5.17. The van der Waals surface area contributed by atoms with E-state index in [2.05, 4.69) is 5.32 Å². The minimum absolute atomic E-state index is 0.0553. The van der Waals surface area contributed by atoms with Crippen molar-refractivity contribution in [3.63, 3.8) is 0 Å². The van der Waals surface area contributed by atoms with Crippen LogP contribution < -0.4 is 16.5 Å². The summed E-state index contributed by atoms with van der Waals surface area (Å²) in [6.07, 6.45) is -0.0553. The summed E-state index contributed by atoms with van der Waals surface area (Å²) in [5.74, 6) is 0. The Bertz CT molecular complexity index is 357. The second-order valence-corrected chi connectivity index (χ2v) is 3.82. The van der Waals surface area contributed by atoms with Gasteiger partial charge in [0.1, 0.15) is 0 Å². The molecular weight excluding hydrogens is 191 g/mol. The van der Waals surface area contributed by atoms with Gasteiger partial charge in [0, 0.05) is 6.54 Å². The maximum atomic E-state index is 9.65. The molecule has 0 saturated carbocycles. The zero-order valence-electron chi connectivity index (χ0n) is 8.73. The highest BCUT2D eigenvalue weighted by atomic mass is 16.5. The van der Waals surface area contributed by atoms with Crippen molar-refractivity contribution in [2.75, 3.05) is 0 Å². The van der Waals surface area contributed by atoms with Crippen LogP contribution in [0.1, 0.15) is 18.1 Å². The summed E-state index contributed by atoms with van der Waals surface area (Å²) in [6, 6.07) is 5.92. The average molecular weight is 206 g/mol. The second-order valence-electron chi connectivity index (χ2n) is 3.82. The van der Waals surface area contributed by atoms with Gasteiger partial charge in [-0.15, -0.1) is 0 Å². The number of hydrogen-bond acceptors (Lipinski definition) is 4. The van der Waals surface area contributed by atoms with Gasteiger partial charge in [-0.1, -0.05) is 18.2 Å². The van der Waals surface area contributed by atoms with E-state index in [1.807, 2.05) is 25.1 Å². The lowest BCUT2D eigenvalue weighted by Gasteiger charge is -2.11. The second kappa shape index (κ2) is 4.32. The van der Waals surface area contributed by atoms with Crippen molar-refractivity contribution in [3.05, 3.63) is 29.3 Å². The van der Waals surface area contributed by atoms with E-state index >= 15 is 0 Å². The highest BCUT2D eigenvalue weighted by molar-refractivity contribution is 6.62. The summed E-state index contributed by atoms with van der Waals surface area (Å²) in [5, 5.41) is 12.8. The quantitative estimate of drug-likeness (QED) is 0.451. The molecular formula is C10H15BN2O2. The minimum Gasteiger partial charge on any atom is -0.423 e. The predicted molar refractivity (Wildman–Crippen MR) is 59.3 cm³/mol. The number of hydrogen-bond donors (Lipinski definition) is 3. The van der Waals surface area contributed by atoms with Crippen LogP contribution in [0.4, 0.5) is 0 Å². The lowest BCUT2D eigenvalue weighted by atomic mass is 9.76. The molecule has 1 aromatic rings. The van der Waals surface area contributed by atoms with E-state index in [1.165, 1.54) is 0 Å². The van der Waals surface area contributed by atoms with Crippen molar-refractivity contribution < 1.29 is 9.68 Å². The topological polar surface area (TPSA) is 67.5 Å². The monoisotopic (exact) mass is 206 g/mol. The molecule has 1 heterocycles. The molecule has 2 rings (SSSR count). The van der Waals surface area contributed by atoms with E-state index in [-0.39, 0.29) is 6.17 Å². The van der Waals surface area contributed by atoms with Crippen LogP contribution in [0.2, 0.25) is 0 Å². The third-order valence-electron chi connectivity index (χ3n) is 2.54. The van der Waals surface area contributed by atoms with Gasteiger partial charge in [0.15, 0.2) is 0 Å². The normalized spacial score (nSPS) is 16.6. The first-order valence-electron chi connectivity index (χ1n) is 5.08. The molecule has 0 aliphatic carbocycles. The lowest BCUT2D eigenvalue weighted by molar-refractivity contribution is 0.275. The molecule has 15 heavy (non-hydrogen) atoms. The first-order valence-corrected chi connectivity index (χ1v) is 5.08. The largest absolute Gasteiger partial charge is 0.492 e. The first-order chi connectivity index (χ1) is 7.18. The summed E-state index contributed by atoms with van der Waals surface area (Å²) in [6.45, 7) is 3.03. The van der Waals surface area contributed by atoms with Gasteiger partial charge in [0.05, 0.1) is 12.8 Å². The Balaban J connectivity index is 2.21. The summed E-state index contributed by atoms with van der Waals surface area (Å²) in [5.41, 5.74) is 8.62. The van der Waals surface area contributed by atoms with Crippen molar-refractivity contribution in [2.24, 2.45) is 5.73 Å². The van der Waals surface area contributed by atoms with Crippen molar-refractivity contribution in [3.8, 4) is 0 Å². The number of nitrogens with one attached hydrogen (secondary N) is 1. The lowest BCUT2D eigenvalue weighted by Crippen LogP contribution is -2.38. The highest BCUT2D eigenvalue weighted by Gasteiger charge is 2.29. The number of rotatable bonds is 3. The van der Waals surface area contributed by atoms with Crippen molar-refractivity contribution >= 4 is 12.6 Å². The predicted octanol–water partition coefficient (Wildman–Crippen LogP) is -0.701. The Hall–Kier alpha value is -0.875. The molecule has 1 unspecified atom stereocenters. The van der Waals surface area contributed by atoms with Crippen LogP contribution >= 0.6 is 0 Å². The molecule has 1 aliphatic heterocycles. The number of nitrogens with two attached hydrogens (primary N) is 1. The molecule has 80 valence electrons. The molecule has 0 radical (unpaired) electrons. The van der Waals surface area contributed by atoms with Gasteiger partial charge in [-0.25, -0.2) is 0 Å². The fraction of sp³-hybridized carbons (Fsp3) is 0.400. The van der Waals surface area contributed by atoms with Gasteiger partial charge < -0.3 is 15.4 Å². The smallest absolute Gasteiger partial charge is 0.423 e. The van der Waals surface area contributed by atoms with E-state index in [1.54, 1.807) is 0 Å². The fourth-order valence-electron chi connectivity index (χ4n) is 1.79. The molecule has 0 spiro atoms. The van der Waals surface area contributed by atoms with Crippen LogP contribution in [-0.2, 0) is 17.8 Å². The number of fused-ring (bicyclic) bond motifs is 1. The molecule has 0 amide bonds. The molecule has 0 fully saturated rings. The average Bonchev–Trinajstić information content (AvgIpc) is 2.58. The maximum absolute atomic E-state index is 9.65. The van der Waals surface area contributed by atoms with Gasteiger partial charge in [0.2, 0.25) is 0 Å². The Morgan fingerprint density at radius 3 is 3.20 bits per heavy atom. The molecule has 1 aliphatic rings. The summed E-state index contributed by atoms with van der Waals surface area (Å²) in [7, 11) is -0.786. The van der Waals surface area contributed by atoms with Crippen molar-refractivity contribution in [1.82, 2.24) is 5.32 Å². The van der Waals surface area contributed by atoms with Gasteiger partial charge >= 0.3 is 7.12 Å². The Morgan fingerprint density at radius 1 is 1.67 bits per heavy atom. The Kier molecular flexibility index (Phi) is 3.07. The third kappa shape index (κ3) is 2.21. The molecule has 0 aromatic heterocycles. The van der Waals surface area contributed by atoms with Crippen molar-refractivity contribution in [2.45, 2.75) is 26.2 Å².